The first-order valence-electron chi connectivity index (χ1n) is 8.25. The van der Waals surface area contributed by atoms with Gasteiger partial charge in [0.1, 0.15) is 0 Å². The number of fused-ring (bicyclic) bond motifs is 3. The fourth-order valence-corrected chi connectivity index (χ4v) is 3.92. The molecule has 124 valence electrons. The van der Waals surface area contributed by atoms with E-state index < -0.39 is 0 Å². The number of H-pyrrole nitrogens is 1. The molecule has 4 nitrogen and oxygen atoms in total. The largest absolute Gasteiger partial charge is 0.493 e. The Kier molecular flexibility index (Phi) is 3.50. The van der Waals surface area contributed by atoms with Crippen LogP contribution >= 0.6 is 0 Å². The summed E-state index contributed by atoms with van der Waals surface area (Å²) in [6.07, 6.45) is 1.02. The number of ether oxygens (including phenoxy) is 2. The van der Waals surface area contributed by atoms with Gasteiger partial charge in [0, 0.05) is 28.7 Å². The fourth-order valence-electron chi connectivity index (χ4n) is 3.92. The van der Waals surface area contributed by atoms with Gasteiger partial charge in [-0.25, -0.2) is 0 Å². The van der Waals surface area contributed by atoms with Crippen LogP contribution in [0.25, 0.3) is 10.9 Å². The third-order valence-electron chi connectivity index (χ3n) is 5.11. The standard InChI is InChI=1S/C20H22N2O2/c1-20(15-8-6-10-17(23-2)18(15)24-3)19-14(11-12-21-20)13-7-4-5-9-16(13)22-19/h4-10,21-22H,11-12H2,1-3H3. The molecular weight excluding hydrogens is 300 g/mol. The van der Waals surface area contributed by atoms with E-state index in [1.165, 1.54) is 22.2 Å². The highest BCUT2D eigenvalue weighted by Gasteiger charge is 2.38. The Morgan fingerprint density at radius 2 is 1.83 bits per heavy atom. The minimum Gasteiger partial charge on any atom is -0.493 e. The molecule has 2 aromatic carbocycles. The van der Waals surface area contributed by atoms with E-state index in [1.54, 1.807) is 14.2 Å². The van der Waals surface area contributed by atoms with Crippen LogP contribution in [0.1, 0.15) is 23.7 Å². The van der Waals surface area contributed by atoms with Crippen molar-refractivity contribution in [3.05, 3.63) is 59.3 Å². The Bertz CT molecular complexity index is 900. The van der Waals surface area contributed by atoms with Gasteiger partial charge in [-0.3, -0.25) is 0 Å². The van der Waals surface area contributed by atoms with Crippen LogP contribution in [0.15, 0.2) is 42.5 Å². The first kappa shape index (κ1) is 15.1. The first-order chi connectivity index (χ1) is 11.7. The predicted molar refractivity (Wildman–Crippen MR) is 96.0 cm³/mol. The van der Waals surface area contributed by atoms with Crippen molar-refractivity contribution in [3.8, 4) is 11.5 Å². The maximum atomic E-state index is 5.70. The van der Waals surface area contributed by atoms with E-state index in [9.17, 15) is 0 Å². The third-order valence-corrected chi connectivity index (χ3v) is 5.11. The minimum atomic E-state index is -0.355. The Balaban J connectivity index is 1.98. The second-order valence-corrected chi connectivity index (χ2v) is 6.37. The summed E-state index contributed by atoms with van der Waals surface area (Å²) in [6, 6.07) is 14.6. The van der Waals surface area contributed by atoms with E-state index in [2.05, 4.69) is 47.6 Å². The molecule has 1 aliphatic rings. The quantitative estimate of drug-likeness (QED) is 0.774. The summed E-state index contributed by atoms with van der Waals surface area (Å²) < 4.78 is 11.2. The van der Waals surface area contributed by atoms with Crippen molar-refractivity contribution < 1.29 is 9.47 Å². The van der Waals surface area contributed by atoms with Crippen molar-refractivity contribution in [2.75, 3.05) is 20.8 Å². The van der Waals surface area contributed by atoms with Crippen molar-refractivity contribution in [2.24, 2.45) is 0 Å². The van der Waals surface area contributed by atoms with E-state index in [0.717, 1.165) is 30.0 Å². The summed E-state index contributed by atoms with van der Waals surface area (Å²) in [4.78, 5) is 3.64. The van der Waals surface area contributed by atoms with Gasteiger partial charge in [-0.2, -0.15) is 0 Å². The van der Waals surface area contributed by atoms with E-state index in [1.807, 2.05) is 12.1 Å². The number of rotatable bonds is 3. The summed E-state index contributed by atoms with van der Waals surface area (Å²) >= 11 is 0. The first-order valence-corrected chi connectivity index (χ1v) is 8.25. The molecular formula is C20H22N2O2. The van der Waals surface area contributed by atoms with Gasteiger partial charge in [-0.1, -0.05) is 30.3 Å². The van der Waals surface area contributed by atoms with Gasteiger partial charge in [-0.05, 0) is 31.0 Å². The maximum absolute atomic E-state index is 5.70. The molecule has 0 saturated carbocycles. The number of benzene rings is 2. The lowest BCUT2D eigenvalue weighted by Gasteiger charge is -2.36. The summed E-state index contributed by atoms with van der Waals surface area (Å²) in [5, 5.41) is 5.00. The van der Waals surface area contributed by atoms with Crippen molar-refractivity contribution in [1.29, 1.82) is 0 Å². The minimum absolute atomic E-state index is 0.355. The number of para-hydroxylation sites is 2. The molecule has 24 heavy (non-hydrogen) atoms. The lowest BCUT2D eigenvalue weighted by molar-refractivity contribution is 0.331. The molecule has 2 heterocycles. The van der Waals surface area contributed by atoms with E-state index in [0.29, 0.717) is 0 Å². The summed E-state index contributed by atoms with van der Waals surface area (Å²) in [5.74, 6) is 1.53. The lowest BCUT2D eigenvalue weighted by Crippen LogP contribution is -2.46. The molecule has 1 aliphatic heterocycles. The SMILES string of the molecule is COc1cccc(C2(C)NCCc3c2[nH]c2ccccc32)c1OC. The Hall–Kier alpha value is -2.46. The molecule has 1 aromatic heterocycles. The smallest absolute Gasteiger partial charge is 0.166 e. The lowest BCUT2D eigenvalue weighted by atomic mass is 9.82. The van der Waals surface area contributed by atoms with Gasteiger partial charge >= 0.3 is 0 Å². The second kappa shape index (κ2) is 5.56. The van der Waals surface area contributed by atoms with Crippen LogP contribution in [0.4, 0.5) is 0 Å². The fraction of sp³-hybridized carbons (Fsp3) is 0.300. The van der Waals surface area contributed by atoms with Crippen molar-refractivity contribution in [3.63, 3.8) is 0 Å². The van der Waals surface area contributed by atoms with Crippen molar-refractivity contribution in [2.45, 2.75) is 18.9 Å². The number of hydrogen-bond acceptors (Lipinski definition) is 3. The number of methoxy groups -OCH3 is 2. The summed E-state index contributed by atoms with van der Waals surface area (Å²) in [5.41, 5.74) is 4.50. The van der Waals surface area contributed by atoms with E-state index >= 15 is 0 Å². The third kappa shape index (κ3) is 2.03. The maximum Gasteiger partial charge on any atom is 0.166 e. The van der Waals surface area contributed by atoms with Gasteiger partial charge in [-0.15, -0.1) is 0 Å². The van der Waals surface area contributed by atoms with Crippen LogP contribution in [-0.4, -0.2) is 25.7 Å². The van der Waals surface area contributed by atoms with Gasteiger partial charge in [0.05, 0.1) is 19.8 Å². The Labute approximate surface area is 141 Å². The molecule has 3 aromatic rings. The normalized spacial score (nSPS) is 20.0. The summed E-state index contributed by atoms with van der Waals surface area (Å²) in [7, 11) is 3.37. The molecule has 0 aliphatic carbocycles. The van der Waals surface area contributed by atoms with E-state index in [4.69, 9.17) is 9.47 Å². The van der Waals surface area contributed by atoms with Crippen LogP contribution < -0.4 is 14.8 Å². The van der Waals surface area contributed by atoms with Crippen LogP contribution in [0.5, 0.6) is 11.5 Å². The average molecular weight is 322 g/mol. The topological polar surface area (TPSA) is 46.3 Å². The zero-order chi connectivity index (χ0) is 16.7. The molecule has 1 unspecified atom stereocenters. The van der Waals surface area contributed by atoms with Crippen LogP contribution in [0.3, 0.4) is 0 Å². The van der Waals surface area contributed by atoms with Gasteiger partial charge in [0.2, 0.25) is 0 Å². The second-order valence-electron chi connectivity index (χ2n) is 6.37. The number of aromatic nitrogens is 1. The molecule has 0 radical (unpaired) electrons. The molecule has 0 fully saturated rings. The van der Waals surface area contributed by atoms with Crippen LogP contribution in [-0.2, 0) is 12.0 Å². The molecule has 2 N–H and O–H groups in total. The van der Waals surface area contributed by atoms with Gasteiger partial charge < -0.3 is 19.8 Å². The summed E-state index contributed by atoms with van der Waals surface area (Å²) in [6.45, 7) is 3.13. The van der Waals surface area contributed by atoms with Crippen molar-refractivity contribution in [1.82, 2.24) is 10.3 Å². The number of aromatic amines is 1. The molecule has 1 atom stereocenters. The van der Waals surface area contributed by atoms with Crippen LogP contribution in [0, 0.1) is 0 Å². The van der Waals surface area contributed by atoms with Crippen LogP contribution in [0.2, 0.25) is 0 Å². The number of hydrogen-bond donors (Lipinski definition) is 2. The highest BCUT2D eigenvalue weighted by molar-refractivity contribution is 5.85. The highest BCUT2D eigenvalue weighted by atomic mass is 16.5. The molecule has 4 heteroatoms. The molecule has 0 amide bonds. The zero-order valence-electron chi connectivity index (χ0n) is 14.3. The molecule has 0 bridgehead atoms. The monoisotopic (exact) mass is 322 g/mol. The highest BCUT2D eigenvalue weighted by Crippen LogP contribution is 2.44. The average Bonchev–Trinajstić information content (AvgIpc) is 3.01. The predicted octanol–water partition coefficient (Wildman–Crippen LogP) is 3.59. The Morgan fingerprint density at radius 3 is 2.62 bits per heavy atom. The molecule has 0 saturated heterocycles. The van der Waals surface area contributed by atoms with Gasteiger partial charge in [0.15, 0.2) is 11.5 Å². The Morgan fingerprint density at radius 1 is 1.00 bits per heavy atom. The molecule has 4 rings (SSSR count). The van der Waals surface area contributed by atoms with Gasteiger partial charge in [0.25, 0.3) is 0 Å². The number of nitrogens with one attached hydrogen (secondary N) is 2. The van der Waals surface area contributed by atoms with E-state index in [-0.39, 0.29) is 5.54 Å². The molecule has 0 spiro atoms. The van der Waals surface area contributed by atoms with Crippen molar-refractivity contribution >= 4 is 10.9 Å². The zero-order valence-corrected chi connectivity index (χ0v) is 14.3.